The fourth-order valence-electron chi connectivity index (χ4n) is 3.51. The fourth-order valence-corrected chi connectivity index (χ4v) is 3.51. The van der Waals surface area contributed by atoms with Gasteiger partial charge in [0.1, 0.15) is 0 Å². The smallest absolute Gasteiger partial charge is 0.307 e. The van der Waals surface area contributed by atoms with Crippen molar-refractivity contribution in [1.29, 1.82) is 0 Å². The van der Waals surface area contributed by atoms with Gasteiger partial charge >= 0.3 is 5.97 Å². The lowest BCUT2D eigenvalue weighted by atomic mass is 9.84. The minimum Gasteiger partial charge on any atom is -0.481 e. The van der Waals surface area contributed by atoms with E-state index in [4.69, 9.17) is 0 Å². The van der Waals surface area contributed by atoms with Crippen LogP contribution in [0.25, 0.3) is 5.57 Å². The number of pyridine rings is 1. The van der Waals surface area contributed by atoms with E-state index in [0.29, 0.717) is 18.7 Å². The average Bonchev–Trinajstić information content (AvgIpc) is 3.23. The number of unbranched alkanes of at least 4 members (excludes halogenated alkanes) is 1. The van der Waals surface area contributed by atoms with Crippen LogP contribution in [-0.2, 0) is 11.2 Å². The van der Waals surface area contributed by atoms with E-state index in [1.807, 2.05) is 12.3 Å². The highest BCUT2D eigenvalue weighted by molar-refractivity contribution is 5.71. The second-order valence-corrected chi connectivity index (χ2v) is 6.89. The Morgan fingerprint density at radius 3 is 2.85 bits per heavy atom. The second kappa shape index (κ2) is 9.36. The summed E-state index contributed by atoms with van der Waals surface area (Å²) >= 11 is 0. The molecular weight excluding hydrogens is 344 g/mol. The first kappa shape index (κ1) is 19.2. The summed E-state index contributed by atoms with van der Waals surface area (Å²) in [7, 11) is 0. The molecule has 144 valence electrons. The van der Waals surface area contributed by atoms with Crippen LogP contribution in [0.1, 0.15) is 55.6 Å². The lowest BCUT2D eigenvalue weighted by molar-refractivity contribution is -0.143. The Kier molecular flexibility index (Phi) is 6.64. The molecular formula is C19H26N6O2. The molecule has 0 saturated heterocycles. The lowest BCUT2D eigenvalue weighted by Crippen LogP contribution is -2.25. The van der Waals surface area contributed by atoms with E-state index in [2.05, 4.69) is 50.0 Å². The molecule has 0 radical (unpaired) electrons. The van der Waals surface area contributed by atoms with Gasteiger partial charge in [0.15, 0.2) is 5.82 Å². The molecule has 2 aromatic heterocycles. The summed E-state index contributed by atoms with van der Waals surface area (Å²) in [5.41, 5.74) is 3.26. The molecule has 0 spiro atoms. The van der Waals surface area contributed by atoms with Crippen molar-refractivity contribution in [3.63, 3.8) is 0 Å². The van der Waals surface area contributed by atoms with Gasteiger partial charge in [0.05, 0.1) is 5.92 Å². The molecule has 3 N–H and O–H groups in total. The molecule has 2 atom stereocenters. The van der Waals surface area contributed by atoms with Gasteiger partial charge in [-0.3, -0.25) is 9.78 Å². The zero-order valence-electron chi connectivity index (χ0n) is 15.6. The van der Waals surface area contributed by atoms with Crippen LogP contribution in [0.5, 0.6) is 0 Å². The van der Waals surface area contributed by atoms with Crippen molar-refractivity contribution < 1.29 is 9.90 Å². The summed E-state index contributed by atoms with van der Waals surface area (Å²) in [6, 6.07) is 4.04. The van der Waals surface area contributed by atoms with E-state index < -0.39 is 11.9 Å². The summed E-state index contributed by atoms with van der Waals surface area (Å²) in [4.78, 5) is 16.5. The van der Waals surface area contributed by atoms with Crippen molar-refractivity contribution >= 4 is 11.5 Å². The van der Waals surface area contributed by atoms with Crippen molar-refractivity contribution in [3.05, 3.63) is 41.5 Å². The maximum absolute atomic E-state index is 11.9. The van der Waals surface area contributed by atoms with E-state index >= 15 is 0 Å². The molecule has 3 rings (SSSR count). The maximum Gasteiger partial charge on any atom is 0.307 e. The molecule has 8 heteroatoms. The van der Waals surface area contributed by atoms with Crippen LogP contribution < -0.4 is 5.32 Å². The predicted molar refractivity (Wildman–Crippen MR) is 101 cm³/mol. The molecule has 3 heterocycles. The van der Waals surface area contributed by atoms with Gasteiger partial charge in [0.2, 0.25) is 0 Å². The van der Waals surface area contributed by atoms with Crippen LogP contribution in [0.4, 0.5) is 0 Å². The van der Waals surface area contributed by atoms with E-state index in [1.54, 1.807) is 0 Å². The molecule has 2 unspecified atom stereocenters. The van der Waals surface area contributed by atoms with Gasteiger partial charge in [-0.05, 0) is 36.6 Å². The van der Waals surface area contributed by atoms with Crippen LogP contribution in [-0.4, -0.2) is 49.8 Å². The van der Waals surface area contributed by atoms with Gasteiger partial charge in [-0.15, -0.1) is 10.2 Å². The van der Waals surface area contributed by atoms with Crippen LogP contribution in [0.3, 0.4) is 0 Å². The number of carboxylic acid groups (broad SMARTS) is 1. The molecule has 0 aliphatic carbocycles. The molecule has 0 aromatic carbocycles. The van der Waals surface area contributed by atoms with E-state index in [-0.39, 0.29) is 5.92 Å². The summed E-state index contributed by atoms with van der Waals surface area (Å²) in [5.74, 6) is -1.31. The average molecular weight is 370 g/mol. The maximum atomic E-state index is 11.9. The summed E-state index contributed by atoms with van der Waals surface area (Å²) in [6.07, 6.45) is 7.91. The third-order valence-electron chi connectivity index (χ3n) is 5.05. The van der Waals surface area contributed by atoms with Crippen LogP contribution in [0, 0.1) is 5.92 Å². The van der Waals surface area contributed by atoms with Crippen LogP contribution in [0.2, 0.25) is 0 Å². The van der Waals surface area contributed by atoms with Crippen LogP contribution >= 0.6 is 0 Å². The first-order valence-corrected chi connectivity index (χ1v) is 9.50. The number of aromatic amines is 1. The second-order valence-electron chi connectivity index (χ2n) is 6.89. The standard InChI is InChI=1S/C19H26N6O2/c1-2-3-4-16(19(26)27)17(18-22-24-25-23-18)11-15-6-5-14(12-21-15)13-7-9-20-10-8-13/h5-7,12,16-17,20H,2-4,8-11H2,1H3,(H,26,27)(H,22,23,24,25). The quantitative estimate of drug-likeness (QED) is 0.619. The number of hydrogen-bond acceptors (Lipinski definition) is 6. The number of nitrogens with one attached hydrogen (secondary N) is 2. The zero-order chi connectivity index (χ0) is 19.1. The van der Waals surface area contributed by atoms with Gasteiger partial charge in [0, 0.05) is 30.8 Å². The van der Waals surface area contributed by atoms with Gasteiger partial charge in [-0.2, -0.15) is 5.21 Å². The summed E-state index contributed by atoms with van der Waals surface area (Å²) in [6.45, 7) is 3.91. The van der Waals surface area contributed by atoms with Crippen molar-refractivity contribution in [2.24, 2.45) is 5.92 Å². The SMILES string of the molecule is CCCCC(C(=O)O)C(Cc1ccc(C2=CCNCC2)cn1)c1nn[nH]n1. The largest absolute Gasteiger partial charge is 0.481 e. The minimum absolute atomic E-state index is 0.357. The Balaban J connectivity index is 1.79. The van der Waals surface area contributed by atoms with Gasteiger partial charge in [0.25, 0.3) is 0 Å². The minimum atomic E-state index is -0.824. The third kappa shape index (κ3) is 4.97. The van der Waals surface area contributed by atoms with Crippen LogP contribution in [0.15, 0.2) is 24.4 Å². The van der Waals surface area contributed by atoms with Gasteiger partial charge < -0.3 is 10.4 Å². The molecule has 1 aliphatic heterocycles. The number of carboxylic acids is 1. The Morgan fingerprint density at radius 2 is 2.26 bits per heavy atom. The Morgan fingerprint density at radius 1 is 1.37 bits per heavy atom. The number of rotatable bonds is 9. The molecule has 8 nitrogen and oxygen atoms in total. The monoisotopic (exact) mass is 370 g/mol. The highest BCUT2D eigenvalue weighted by Gasteiger charge is 2.32. The highest BCUT2D eigenvalue weighted by atomic mass is 16.4. The highest BCUT2D eigenvalue weighted by Crippen LogP contribution is 2.30. The van der Waals surface area contributed by atoms with Gasteiger partial charge in [-0.25, -0.2) is 0 Å². The van der Waals surface area contributed by atoms with E-state index in [0.717, 1.165) is 43.6 Å². The molecule has 27 heavy (non-hydrogen) atoms. The molecule has 0 amide bonds. The Bertz CT molecular complexity index is 757. The van der Waals surface area contributed by atoms with Crippen molar-refractivity contribution in [1.82, 2.24) is 30.9 Å². The molecule has 0 fully saturated rings. The third-order valence-corrected chi connectivity index (χ3v) is 5.05. The van der Waals surface area contributed by atoms with Gasteiger partial charge in [-0.1, -0.05) is 37.1 Å². The zero-order valence-corrected chi connectivity index (χ0v) is 15.6. The first-order chi connectivity index (χ1) is 13.2. The first-order valence-electron chi connectivity index (χ1n) is 9.50. The molecule has 0 saturated carbocycles. The van der Waals surface area contributed by atoms with Crippen molar-refractivity contribution in [2.75, 3.05) is 13.1 Å². The number of nitrogens with zero attached hydrogens (tertiary/aromatic N) is 4. The van der Waals surface area contributed by atoms with Crippen molar-refractivity contribution in [2.45, 2.75) is 44.9 Å². The number of H-pyrrole nitrogens is 1. The van der Waals surface area contributed by atoms with E-state index in [1.165, 1.54) is 5.57 Å². The number of hydrogen-bond donors (Lipinski definition) is 3. The van der Waals surface area contributed by atoms with E-state index in [9.17, 15) is 9.90 Å². The van der Waals surface area contributed by atoms with Crippen molar-refractivity contribution in [3.8, 4) is 0 Å². The number of tetrazole rings is 1. The summed E-state index contributed by atoms with van der Waals surface area (Å²) in [5, 5.41) is 27.2. The molecule has 2 aromatic rings. The summed E-state index contributed by atoms with van der Waals surface area (Å²) < 4.78 is 0. The predicted octanol–water partition coefficient (Wildman–Crippen LogP) is 2.19. The Hall–Kier alpha value is -2.61. The topological polar surface area (TPSA) is 117 Å². The molecule has 1 aliphatic rings. The molecule has 0 bridgehead atoms. The normalized spacial score (nSPS) is 16.6. The lowest BCUT2D eigenvalue weighted by Gasteiger charge is -2.21. The Labute approximate surface area is 158 Å². The number of carbonyl (C=O) groups is 1. The number of aliphatic carboxylic acids is 1. The number of aromatic nitrogens is 5. The fraction of sp³-hybridized carbons (Fsp3) is 0.526.